The molecule has 18 heavy (non-hydrogen) atoms. The van der Waals surface area contributed by atoms with Crippen molar-refractivity contribution in [1.82, 2.24) is 9.88 Å². The average molecular weight is 263 g/mol. The fraction of sp³-hybridized carbons (Fsp3) is 0.714. The van der Waals surface area contributed by atoms with Crippen LogP contribution in [0.2, 0.25) is 0 Å². The lowest BCUT2D eigenvalue weighted by molar-refractivity contribution is 0.185. The van der Waals surface area contributed by atoms with E-state index in [1.165, 1.54) is 35.8 Å². The molecule has 1 aromatic heterocycles. The van der Waals surface area contributed by atoms with Crippen LogP contribution in [0.15, 0.2) is 0 Å². The first-order valence-corrected chi connectivity index (χ1v) is 7.61. The fourth-order valence-electron chi connectivity index (χ4n) is 2.40. The molecule has 1 fully saturated rings. The van der Waals surface area contributed by atoms with Gasteiger partial charge in [0.05, 0.1) is 24.7 Å². The number of nitriles is 1. The predicted molar refractivity (Wildman–Crippen MR) is 74.5 cm³/mol. The van der Waals surface area contributed by atoms with Crippen molar-refractivity contribution in [2.45, 2.75) is 46.1 Å². The lowest BCUT2D eigenvalue weighted by atomic mass is 9.99. The number of thiazole rings is 1. The van der Waals surface area contributed by atoms with Crippen molar-refractivity contribution >= 4 is 11.3 Å². The first-order chi connectivity index (χ1) is 8.72. The Hall–Kier alpha value is -0.920. The van der Waals surface area contributed by atoms with Crippen molar-refractivity contribution in [2.24, 2.45) is 5.92 Å². The van der Waals surface area contributed by atoms with E-state index in [0.717, 1.165) is 24.6 Å². The summed E-state index contributed by atoms with van der Waals surface area (Å²) in [7, 11) is 0. The minimum absolute atomic E-state index is 0.512. The second-order valence-electron chi connectivity index (χ2n) is 5.12. The van der Waals surface area contributed by atoms with E-state index < -0.39 is 0 Å². The molecule has 0 amide bonds. The largest absolute Gasteiger partial charge is 0.297 e. The van der Waals surface area contributed by atoms with Crippen LogP contribution in [0.25, 0.3) is 0 Å². The number of hydrogen-bond acceptors (Lipinski definition) is 4. The highest BCUT2D eigenvalue weighted by Crippen LogP contribution is 2.23. The molecule has 0 unspecified atom stereocenters. The lowest BCUT2D eigenvalue weighted by Crippen LogP contribution is -2.32. The van der Waals surface area contributed by atoms with E-state index in [0.29, 0.717) is 6.42 Å². The minimum Gasteiger partial charge on any atom is -0.297 e. The van der Waals surface area contributed by atoms with E-state index in [4.69, 9.17) is 5.26 Å². The first-order valence-electron chi connectivity index (χ1n) is 6.79. The third-order valence-electron chi connectivity index (χ3n) is 3.63. The van der Waals surface area contributed by atoms with Gasteiger partial charge in [0.1, 0.15) is 5.01 Å². The van der Waals surface area contributed by atoms with Gasteiger partial charge in [-0.15, -0.1) is 11.3 Å². The molecule has 4 heteroatoms. The standard InChI is InChI=1S/C14H21N3S/c1-3-12-13(4-7-15)18-14(16-12)10-17-8-5-11(2)6-9-17/h11H,3-6,8-10H2,1-2H3. The topological polar surface area (TPSA) is 39.9 Å². The van der Waals surface area contributed by atoms with E-state index >= 15 is 0 Å². The highest BCUT2D eigenvalue weighted by molar-refractivity contribution is 7.11. The Labute approximate surface area is 113 Å². The quantitative estimate of drug-likeness (QED) is 0.838. The van der Waals surface area contributed by atoms with Crippen molar-refractivity contribution in [1.29, 1.82) is 5.26 Å². The maximum absolute atomic E-state index is 8.82. The molecule has 0 aromatic carbocycles. The second-order valence-corrected chi connectivity index (χ2v) is 6.29. The van der Waals surface area contributed by atoms with Crippen molar-refractivity contribution in [3.8, 4) is 6.07 Å². The van der Waals surface area contributed by atoms with Crippen LogP contribution in [0.1, 0.15) is 42.3 Å². The number of rotatable bonds is 4. The fourth-order valence-corrected chi connectivity index (χ4v) is 3.53. The molecule has 1 aromatic rings. The molecule has 0 atom stereocenters. The van der Waals surface area contributed by atoms with Crippen LogP contribution >= 0.6 is 11.3 Å². The number of likely N-dealkylation sites (tertiary alicyclic amines) is 1. The molecule has 0 bridgehead atoms. The number of piperidine rings is 1. The van der Waals surface area contributed by atoms with Crippen LogP contribution in [0.5, 0.6) is 0 Å². The molecule has 0 radical (unpaired) electrons. The monoisotopic (exact) mass is 263 g/mol. The van der Waals surface area contributed by atoms with Gasteiger partial charge in [-0.3, -0.25) is 4.90 Å². The molecule has 1 saturated heterocycles. The summed E-state index contributed by atoms with van der Waals surface area (Å²) < 4.78 is 0. The van der Waals surface area contributed by atoms with E-state index in [1.807, 2.05) is 0 Å². The molecule has 98 valence electrons. The van der Waals surface area contributed by atoms with Gasteiger partial charge in [0.2, 0.25) is 0 Å². The van der Waals surface area contributed by atoms with Gasteiger partial charge in [0.25, 0.3) is 0 Å². The van der Waals surface area contributed by atoms with Gasteiger partial charge in [-0.05, 0) is 38.3 Å². The Morgan fingerprint density at radius 1 is 1.44 bits per heavy atom. The van der Waals surface area contributed by atoms with Gasteiger partial charge in [-0.1, -0.05) is 13.8 Å². The normalized spacial score (nSPS) is 17.8. The SMILES string of the molecule is CCc1nc(CN2CCC(C)CC2)sc1CC#N. The van der Waals surface area contributed by atoms with Crippen molar-refractivity contribution in [3.05, 3.63) is 15.6 Å². The summed E-state index contributed by atoms with van der Waals surface area (Å²) in [5.41, 5.74) is 1.13. The van der Waals surface area contributed by atoms with Crippen LogP contribution in [-0.4, -0.2) is 23.0 Å². The van der Waals surface area contributed by atoms with Gasteiger partial charge >= 0.3 is 0 Å². The molecule has 0 aliphatic carbocycles. The van der Waals surface area contributed by atoms with E-state index in [2.05, 4.69) is 29.8 Å². The Morgan fingerprint density at radius 2 is 2.17 bits per heavy atom. The lowest BCUT2D eigenvalue weighted by Gasteiger charge is -2.29. The summed E-state index contributed by atoms with van der Waals surface area (Å²) in [6.07, 6.45) is 4.05. The molecule has 0 N–H and O–H groups in total. The first kappa shape index (κ1) is 13.5. The Kier molecular flexibility index (Phi) is 4.73. The summed E-state index contributed by atoms with van der Waals surface area (Å²) in [4.78, 5) is 8.35. The highest BCUT2D eigenvalue weighted by Gasteiger charge is 2.18. The highest BCUT2D eigenvalue weighted by atomic mass is 32.1. The molecule has 0 spiro atoms. The third-order valence-corrected chi connectivity index (χ3v) is 4.71. The van der Waals surface area contributed by atoms with Gasteiger partial charge in [0, 0.05) is 4.88 Å². The smallest absolute Gasteiger partial charge is 0.107 e. The maximum atomic E-state index is 8.82. The molecule has 2 rings (SSSR count). The minimum atomic E-state index is 0.512. The third kappa shape index (κ3) is 3.30. The van der Waals surface area contributed by atoms with Crippen LogP contribution < -0.4 is 0 Å². The van der Waals surface area contributed by atoms with Crippen LogP contribution in [-0.2, 0) is 19.4 Å². The van der Waals surface area contributed by atoms with Crippen molar-refractivity contribution in [2.75, 3.05) is 13.1 Å². The second kappa shape index (κ2) is 6.31. The number of hydrogen-bond donors (Lipinski definition) is 0. The van der Waals surface area contributed by atoms with Gasteiger partial charge < -0.3 is 0 Å². The van der Waals surface area contributed by atoms with Crippen molar-refractivity contribution < 1.29 is 0 Å². The van der Waals surface area contributed by atoms with Gasteiger partial charge in [-0.2, -0.15) is 5.26 Å². The zero-order chi connectivity index (χ0) is 13.0. The van der Waals surface area contributed by atoms with E-state index in [-0.39, 0.29) is 0 Å². The van der Waals surface area contributed by atoms with E-state index in [1.54, 1.807) is 11.3 Å². The number of nitrogens with zero attached hydrogens (tertiary/aromatic N) is 3. The molecule has 3 nitrogen and oxygen atoms in total. The molecule has 1 aliphatic rings. The zero-order valence-electron chi connectivity index (χ0n) is 11.3. The Balaban J connectivity index is 1.99. The summed E-state index contributed by atoms with van der Waals surface area (Å²) in [6, 6.07) is 2.24. The Bertz CT molecular complexity index is 425. The molecular weight excluding hydrogens is 242 g/mol. The van der Waals surface area contributed by atoms with Gasteiger partial charge in [0.15, 0.2) is 0 Å². The van der Waals surface area contributed by atoms with Crippen molar-refractivity contribution in [3.63, 3.8) is 0 Å². The maximum Gasteiger partial charge on any atom is 0.107 e. The zero-order valence-corrected chi connectivity index (χ0v) is 12.1. The average Bonchev–Trinajstić information content (AvgIpc) is 2.75. The number of aromatic nitrogens is 1. The van der Waals surface area contributed by atoms with Crippen LogP contribution in [0.3, 0.4) is 0 Å². The molecule has 1 aliphatic heterocycles. The summed E-state index contributed by atoms with van der Waals surface area (Å²) in [6.45, 7) is 7.80. The molecular formula is C14H21N3S. The Morgan fingerprint density at radius 3 is 2.78 bits per heavy atom. The summed E-state index contributed by atoms with van der Waals surface area (Å²) in [5.74, 6) is 0.873. The van der Waals surface area contributed by atoms with Gasteiger partial charge in [-0.25, -0.2) is 4.98 Å². The summed E-state index contributed by atoms with van der Waals surface area (Å²) in [5, 5.41) is 10.0. The summed E-state index contributed by atoms with van der Waals surface area (Å²) >= 11 is 1.73. The number of aryl methyl sites for hydroxylation is 1. The molecule has 2 heterocycles. The van der Waals surface area contributed by atoms with E-state index in [9.17, 15) is 0 Å². The predicted octanol–water partition coefficient (Wildman–Crippen LogP) is 3.00. The van der Waals surface area contributed by atoms with Crippen LogP contribution in [0, 0.1) is 17.2 Å². The van der Waals surface area contributed by atoms with Crippen LogP contribution in [0.4, 0.5) is 0 Å². The molecule has 0 saturated carbocycles.